The van der Waals surface area contributed by atoms with Crippen LogP contribution in [0.1, 0.15) is 72.3 Å². The van der Waals surface area contributed by atoms with Gasteiger partial charge < -0.3 is 19.9 Å². The van der Waals surface area contributed by atoms with E-state index in [-0.39, 0.29) is 34.8 Å². The van der Waals surface area contributed by atoms with Crippen LogP contribution in [0, 0.1) is 25.1 Å². The van der Waals surface area contributed by atoms with Gasteiger partial charge in [0, 0.05) is 18.4 Å². The van der Waals surface area contributed by atoms with E-state index in [1.165, 1.54) is 32.4 Å². The summed E-state index contributed by atoms with van der Waals surface area (Å²) in [5.41, 5.74) is -3.37. The second-order valence-electron chi connectivity index (χ2n) is 10.9. The number of rotatable bonds is 8. The van der Waals surface area contributed by atoms with E-state index in [4.69, 9.17) is 4.74 Å². The van der Waals surface area contributed by atoms with Crippen molar-refractivity contribution < 1.29 is 41.5 Å². The van der Waals surface area contributed by atoms with Crippen molar-refractivity contribution >= 4 is 29.3 Å². The lowest BCUT2D eigenvalue weighted by Crippen LogP contribution is -2.53. The number of aromatic nitrogens is 1. The van der Waals surface area contributed by atoms with Crippen LogP contribution in [0.4, 0.5) is 23.2 Å². The predicted octanol–water partition coefficient (Wildman–Crippen LogP) is 5.28. The Morgan fingerprint density at radius 3 is 2.12 bits per heavy atom. The average Bonchev–Trinajstić information content (AvgIpc) is 3.04. The molecule has 218 valence electrons. The number of ketones is 1. The van der Waals surface area contributed by atoms with Crippen molar-refractivity contribution in [3.8, 4) is 0 Å². The van der Waals surface area contributed by atoms with E-state index in [0.717, 1.165) is 6.07 Å². The molecule has 2 N–H and O–H groups in total. The quantitative estimate of drug-likeness (QED) is 0.149. The van der Waals surface area contributed by atoms with E-state index in [1.54, 1.807) is 27.7 Å². The molecule has 0 radical (unpaired) electrons. The first-order chi connectivity index (χ1) is 18.1. The summed E-state index contributed by atoms with van der Waals surface area (Å²) < 4.78 is 59.5. The molecule has 1 aromatic carbocycles. The number of hydrogen-bond acceptors (Lipinski definition) is 5. The number of anilines is 1. The minimum absolute atomic E-state index is 0.0870. The Balaban J connectivity index is 2.35. The third-order valence-corrected chi connectivity index (χ3v) is 6.54. The highest BCUT2D eigenvalue weighted by molar-refractivity contribution is 6.44. The summed E-state index contributed by atoms with van der Waals surface area (Å²) in [6.07, 6.45) is -4.97. The summed E-state index contributed by atoms with van der Waals surface area (Å²) in [6, 6.07) is 2.01. The molecule has 1 heterocycles. The first kappa shape index (κ1) is 32.3. The molecule has 0 saturated heterocycles. The highest BCUT2D eigenvalue weighted by Crippen LogP contribution is 2.33. The first-order valence-electron chi connectivity index (χ1n) is 12.2. The number of nitrogens with zero attached hydrogens (tertiary/aromatic N) is 1. The summed E-state index contributed by atoms with van der Waals surface area (Å²) >= 11 is 0. The van der Waals surface area contributed by atoms with E-state index >= 15 is 0 Å². The highest BCUT2D eigenvalue weighted by Gasteiger charge is 2.37. The van der Waals surface area contributed by atoms with Crippen LogP contribution >= 0.6 is 0 Å². The van der Waals surface area contributed by atoms with Crippen LogP contribution in [-0.2, 0) is 27.5 Å². The molecule has 12 heteroatoms. The molecule has 2 rings (SSSR count). The minimum atomic E-state index is -4.97. The molecule has 0 unspecified atom stereocenters. The Kier molecular flexibility index (Phi) is 9.08. The number of halogens is 4. The standard InChI is InChI=1S/C28H33F4N3O5/c1-14(2)27(8,13-40-25(39)26(5,6)7)34-24(38)22(36)20-15(3)21(35(9)16(20)4)23(37)33-17-10-11-19(29)18(12-17)28(30,31)32/h10-12H,1,13H2,2-9H3,(H,33,37)(H,34,38)/t27-/m1/s1. The van der Waals surface area contributed by atoms with Gasteiger partial charge in [-0.15, -0.1) is 0 Å². The smallest absolute Gasteiger partial charge is 0.419 e. The second kappa shape index (κ2) is 11.3. The van der Waals surface area contributed by atoms with Crippen molar-refractivity contribution in [2.45, 2.75) is 60.2 Å². The molecule has 0 aliphatic carbocycles. The fourth-order valence-electron chi connectivity index (χ4n) is 3.76. The van der Waals surface area contributed by atoms with Crippen LogP contribution in [0.15, 0.2) is 30.4 Å². The molecular weight excluding hydrogens is 534 g/mol. The average molecular weight is 568 g/mol. The van der Waals surface area contributed by atoms with Crippen LogP contribution in [0.3, 0.4) is 0 Å². The normalized spacial score (nSPS) is 13.3. The first-order valence-corrected chi connectivity index (χ1v) is 12.2. The molecule has 40 heavy (non-hydrogen) atoms. The summed E-state index contributed by atoms with van der Waals surface area (Å²) in [5.74, 6) is -4.92. The maximum atomic E-state index is 13.6. The van der Waals surface area contributed by atoms with Gasteiger partial charge in [0.05, 0.1) is 22.1 Å². The van der Waals surface area contributed by atoms with Crippen molar-refractivity contribution in [2.75, 3.05) is 11.9 Å². The molecule has 2 amide bonds. The number of amides is 2. The number of Topliss-reactive ketones (excluding diaryl/α,β-unsaturated/α-hetero) is 1. The van der Waals surface area contributed by atoms with E-state index < -0.39 is 52.1 Å². The Morgan fingerprint density at radius 2 is 1.62 bits per heavy atom. The van der Waals surface area contributed by atoms with Crippen LogP contribution in [0.5, 0.6) is 0 Å². The molecule has 0 bridgehead atoms. The highest BCUT2D eigenvalue weighted by atomic mass is 19.4. The molecule has 0 saturated carbocycles. The number of carbonyl (C=O) groups is 4. The van der Waals surface area contributed by atoms with Gasteiger partial charge >= 0.3 is 12.1 Å². The summed E-state index contributed by atoms with van der Waals surface area (Å²) in [4.78, 5) is 51.6. The summed E-state index contributed by atoms with van der Waals surface area (Å²) in [7, 11) is 1.45. The van der Waals surface area contributed by atoms with Gasteiger partial charge in [0.25, 0.3) is 17.6 Å². The van der Waals surface area contributed by atoms with Crippen molar-refractivity contribution in [2.24, 2.45) is 12.5 Å². The fraction of sp³-hybridized carbons (Fsp3) is 0.429. The summed E-state index contributed by atoms with van der Waals surface area (Å²) in [5, 5.41) is 4.84. The van der Waals surface area contributed by atoms with Crippen LogP contribution < -0.4 is 10.6 Å². The number of ether oxygens (including phenoxy) is 1. The van der Waals surface area contributed by atoms with E-state index in [1.807, 2.05) is 0 Å². The lowest BCUT2D eigenvalue weighted by molar-refractivity contribution is -0.155. The largest absolute Gasteiger partial charge is 0.462 e. The van der Waals surface area contributed by atoms with Gasteiger partial charge in [-0.2, -0.15) is 13.2 Å². The lowest BCUT2D eigenvalue weighted by atomic mass is 9.93. The zero-order valence-electron chi connectivity index (χ0n) is 23.6. The number of hydrogen-bond donors (Lipinski definition) is 2. The van der Waals surface area contributed by atoms with E-state index in [0.29, 0.717) is 17.7 Å². The monoisotopic (exact) mass is 567 g/mol. The van der Waals surface area contributed by atoms with Gasteiger partial charge in [0.2, 0.25) is 0 Å². The Bertz CT molecular complexity index is 1390. The lowest BCUT2D eigenvalue weighted by Gasteiger charge is -2.31. The van der Waals surface area contributed by atoms with Crippen LogP contribution in [-0.4, -0.2) is 40.3 Å². The van der Waals surface area contributed by atoms with Gasteiger partial charge in [-0.1, -0.05) is 12.2 Å². The SMILES string of the molecule is C=C(C)[C@@](C)(COC(=O)C(C)(C)C)NC(=O)C(=O)c1c(C)c(C(=O)Nc2ccc(F)c(C(F)(F)F)c2)n(C)c1C. The molecule has 0 aliphatic rings. The third kappa shape index (κ3) is 6.78. The predicted molar refractivity (Wildman–Crippen MR) is 140 cm³/mol. The van der Waals surface area contributed by atoms with E-state index in [2.05, 4.69) is 17.2 Å². The Hall–Kier alpha value is -3.96. The molecule has 0 spiro atoms. The number of alkyl halides is 3. The third-order valence-electron chi connectivity index (χ3n) is 6.54. The van der Waals surface area contributed by atoms with Crippen molar-refractivity contribution in [1.82, 2.24) is 9.88 Å². The van der Waals surface area contributed by atoms with Gasteiger partial charge in [-0.25, -0.2) is 4.39 Å². The molecule has 0 fully saturated rings. The van der Waals surface area contributed by atoms with E-state index in [9.17, 15) is 36.7 Å². The maximum Gasteiger partial charge on any atom is 0.419 e. The maximum absolute atomic E-state index is 13.6. The van der Waals surface area contributed by atoms with Crippen molar-refractivity contribution in [1.29, 1.82) is 0 Å². The van der Waals surface area contributed by atoms with Crippen molar-refractivity contribution in [3.63, 3.8) is 0 Å². The molecule has 2 aromatic rings. The minimum Gasteiger partial charge on any atom is -0.462 e. The molecular formula is C28H33F4N3O5. The number of nitrogens with one attached hydrogen (secondary N) is 2. The molecule has 8 nitrogen and oxygen atoms in total. The molecule has 1 atom stereocenters. The number of carbonyl (C=O) groups excluding carboxylic acids is 4. The zero-order chi connectivity index (χ0) is 31.0. The van der Waals surface area contributed by atoms with Gasteiger partial charge in [-0.3, -0.25) is 19.2 Å². The Labute approximate surface area is 229 Å². The molecule has 1 aromatic heterocycles. The molecule has 0 aliphatic heterocycles. The van der Waals surface area contributed by atoms with Crippen LogP contribution in [0.25, 0.3) is 0 Å². The number of benzene rings is 1. The topological polar surface area (TPSA) is 106 Å². The zero-order valence-corrected chi connectivity index (χ0v) is 23.6. The van der Waals surface area contributed by atoms with Crippen LogP contribution in [0.2, 0.25) is 0 Å². The fourth-order valence-corrected chi connectivity index (χ4v) is 3.76. The summed E-state index contributed by atoms with van der Waals surface area (Å²) in [6.45, 7) is 14.6. The number of esters is 1. The second-order valence-corrected chi connectivity index (χ2v) is 10.9. The van der Waals surface area contributed by atoms with Gasteiger partial charge in [0.15, 0.2) is 0 Å². The van der Waals surface area contributed by atoms with Gasteiger partial charge in [-0.05, 0) is 72.2 Å². The van der Waals surface area contributed by atoms with Gasteiger partial charge in [0.1, 0.15) is 18.1 Å². The van der Waals surface area contributed by atoms with Crippen molar-refractivity contribution in [3.05, 3.63) is 64.2 Å². The Morgan fingerprint density at radius 1 is 1.05 bits per heavy atom.